The zero-order valence-corrected chi connectivity index (χ0v) is 62.6. The second-order valence-corrected chi connectivity index (χ2v) is 28.3. The van der Waals surface area contributed by atoms with E-state index in [9.17, 15) is 92.3 Å². The van der Waals surface area contributed by atoms with E-state index in [-0.39, 0.29) is 81.8 Å². The predicted octanol–water partition coefficient (Wildman–Crippen LogP) is 0.213. The normalized spacial score (nSPS) is 20.1. The molecule has 35 heteroatoms. The molecule has 17 N–H and O–H groups in total. The number of amides is 11. The lowest BCUT2D eigenvalue weighted by atomic mass is 9.74. The van der Waals surface area contributed by atoms with Gasteiger partial charge in [-0.05, 0) is 90.0 Å². The molecule has 34 nitrogen and oxygen atoms in total. The molecular formula is C71H107ClN12O22. The van der Waals surface area contributed by atoms with Gasteiger partial charge in [0, 0.05) is 43.3 Å². The fourth-order valence-corrected chi connectivity index (χ4v) is 12.6. The molecular weight excluding hydrogens is 1410 g/mol. The Morgan fingerprint density at radius 1 is 0.604 bits per heavy atom. The largest absolute Gasteiger partial charge is 0.480 e. The van der Waals surface area contributed by atoms with Gasteiger partial charge in [-0.15, -0.1) is 0 Å². The number of Topliss-reactive ketones (excluding diaryl/α,β-unsaturated/α-hetero) is 2. The summed E-state index contributed by atoms with van der Waals surface area (Å²) in [6.45, 7) is 14.8. The van der Waals surface area contributed by atoms with E-state index in [2.05, 4.69) is 47.9 Å². The summed E-state index contributed by atoms with van der Waals surface area (Å²) in [7, 11) is 0. The van der Waals surface area contributed by atoms with Crippen molar-refractivity contribution in [2.45, 2.75) is 269 Å². The predicted molar refractivity (Wildman–Crippen MR) is 380 cm³/mol. The average Bonchev–Trinajstić information content (AvgIpc) is 1.11. The highest BCUT2D eigenvalue weighted by Gasteiger charge is 2.60. The first-order valence-electron chi connectivity index (χ1n) is 35.9. The standard InChI is InChI=1S/C71H107ClN12O22/c1-11-13-14-15-16-20-26-44(61(94)76-45(62(95)83-56(41(9)86)68(101)102)27-21-29-84-35-43-53(58(91)71(84)28-22-30-105-71)54(72)59(92)70(10,57(43)90)106-52(89)23-12-2)77-63(96)46(31-37(3)4)81-67(100)55(40(8)85)82-66(99)47(32-38(5)6)79-65(98)49(34-51(74)88)80-64(97)48(33-50(73)87)78-60(93)39(7)75-69(103)104-36-42-24-18-17-19-25-42/h17-19,24-25,35,37-41,44-49,55-56,58,85-86,91H,11-16,20-23,26-34,36H2,1-10H3,(H2,73,87)(H2,74,88)(H,75,103)(H,76,94)(H,77,96)(H,78,93)(H,79,98)(H,80,97)(H,81,100)(H,82,99)(H,83,95)(H,101,102)/t39-,40+,41+,44+,45-,46+,47+,48-,49+,55-,56-,58-,70+,71+/m0/s1. The third-order valence-corrected chi connectivity index (χ3v) is 18.3. The lowest BCUT2D eigenvalue weighted by molar-refractivity contribution is -0.174. The fourth-order valence-electron chi connectivity index (χ4n) is 12.2. The number of aliphatic carboxylic acids is 1. The van der Waals surface area contributed by atoms with Gasteiger partial charge in [0.15, 0.2) is 11.8 Å². The van der Waals surface area contributed by atoms with Gasteiger partial charge in [-0.25, -0.2) is 9.59 Å². The number of nitrogens with zero attached hydrogens (tertiary/aromatic N) is 1. The van der Waals surface area contributed by atoms with Crippen LogP contribution < -0.4 is 59.3 Å². The van der Waals surface area contributed by atoms with Crippen molar-refractivity contribution >= 4 is 100 Å². The van der Waals surface area contributed by atoms with Crippen molar-refractivity contribution in [3.05, 3.63) is 58.3 Å². The molecule has 1 saturated heterocycles. The maximum absolute atomic E-state index is 14.9. The maximum Gasteiger partial charge on any atom is 0.408 e. The molecule has 4 rings (SSSR count). The Bertz CT molecular complexity index is 3380. The van der Waals surface area contributed by atoms with Crippen LogP contribution in [0.5, 0.6) is 0 Å². The third-order valence-electron chi connectivity index (χ3n) is 17.9. The highest BCUT2D eigenvalue weighted by Crippen LogP contribution is 2.48. The second-order valence-electron chi connectivity index (χ2n) is 28.0. The summed E-state index contributed by atoms with van der Waals surface area (Å²) in [6.07, 6.45) is -2.28. The lowest BCUT2D eigenvalue weighted by Gasteiger charge is -2.49. The Morgan fingerprint density at radius 2 is 1.08 bits per heavy atom. The van der Waals surface area contributed by atoms with Gasteiger partial charge >= 0.3 is 18.0 Å². The van der Waals surface area contributed by atoms with Crippen LogP contribution in [-0.2, 0) is 87.9 Å². The Morgan fingerprint density at radius 3 is 1.58 bits per heavy atom. The van der Waals surface area contributed by atoms with Crippen molar-refractivity contribution in [2.75, 3.05) is 13.2 Å². The van der Waals surface area contributed by atoms with Gasteiger partial charge in [0.1, 0.15) is 61.0 Å². The lowest BCUT2D eigenvalue weighted by Crippen LogP contribution is -2.62. The number of unbranched alkanes of at least 4 members (excludes halogenated alkanes) is 5. The molecule has 590 valence electrons. The van der Waals surface area contributed by atoms with E-state index in [1.165, 1.54) is 18.0 Å². The van der Waals surface area contributed by atoms with E-state index in [0.717, 1.165) is 46.5 Å². The summed E-state index contributed by atoms with van der Waals surface area (Å²) in [5.74, 6) is -16.2. The number of aliphatic hydroxyl groups is 3. The minimum absolute atomic E-state index is 0.0527. The number of primary amides is 2. The summed E-state index contributed by atoms with van der Waals surface area (Å²) in [4.78, 5) is 206. The molecule has 2 aliphatic heterocycles. The molecule has 1 aromatic rings. The molecule has 1 fully saturated rings. The first-order chi connectivity index (χ1) is 49.8. The van der Waals surface area contributed by atoms with Gasteiger partial charge < -0.3 is 98.9 Å². The number of carbonyl (C=O) groups excluding carboxylic acids is 14. The summed E-state index contributed by atoms with van der Waals surface area (Å²) < 4.78 is 16.8. The van der Waals surface area contributed by atoms with Crippen LogP contribution in [0.15, 0.2) is 52.7 Å². The number of halogens is 1. The number of nitrogens with two attached hydrogens (primary N) is 2. The highest BCUT2D eigenvalue weighted by molar-refractivity contribution is 6.49. The molecule has 3 aliphatic rings. The van der Waals surface area contributed by atoms with Crippen LogP contribution in [0, 0.1) is 11.8 Å². The monoisotopic (exact) mass is 1510 g/mol. The molecule has 1 spiro atoms. The van der Waals surface area contributed by atoms with Gasteiger partial charge in [0.05, 0.1) is 30.1 Å². The SMILES string of the molecule is CCCCCCCC[C@@H](NC(=O)[C@@H](CC(C)C)NC(=O)[C@@H](NC(=O)[C@@H](CC(C)C)NC(=O)[C@@H](CC(N)=O)NC(=O)[C@H](CC(N)=O)NC(=O)[C@H](C)NC(=O)OCc1ccccc1)[C@@H](C)O)C(=O)N[C@@H](CCCN1C=C2C(=O)[C@@](C)(OC(=O)CCC)C(=O)C(Cl)=C2[C@H](O)[C@]12CCCO2)C(=O)N[C@H](C(=O)O)[C@@H](C)O. The maximum atomic E-state index is 14.9. The number of esters is 1. The Labute approximate surface area is 620 Å². The molecule has 14 atom stereocenters. The zero-order valence-electron chi connectivity index (χ0n) is 61.8. The van der Waals surface area contributed by atoms with Gasteiger partial charge in [-0.3, -0.25) is 62.3 Å². The number of benzene rings is 1. The summed E-state index contributed by atoms with van der Waals surface area (Å²) in [5.41, 5.74) is 6.99. The van der Waals surface area contributed by atoms with Crippen molar-refractivity contribution < 1.29 is 107 Å². The summed E-state index contributed by atoms with van der Waals surface area (Å²) in [6, 6.07) is -6.48. The number of carboxylic acids is 1. The first kappa shape index (κ1) is 89.3. The van der Waals surface area contributed by atoms with Crippen molar-refractivity contribution in [1.82, 2.24) is 52.8 Å². The quantitative estimate of drug-likeness (QED) is 0.0236. The molecule has 1 aliphatic carbocycles. The number of aliphatic hydroxyl groups excluding tert-OH is 3. The second kappa shape index (κ2) is 42.3. The van der Waals surface area contributed by atoms with Crippen LogP contribution >= 0.6 is 11.6 Å². The van der Waals surface area contributed by atoms with Crippen molar-refractivity contribution in [3.63, 3.8) is 0 Å². The van der Waals surface area contributed by atoms with E-state index >= 15 is 0 Å². The number of rotatable bonds is 44. The van der Waals surface area contributed by atoms with E-state index in [4.69, 9.17) is 37.3 Å². The number of fused-ring (bicyclic) bond motifs is 1. The molecule has 0 radical (unpaired) electrons. The van der Waals surface area contributed by atoms with Gasteiger partial charge in [0.25, 0.3) is 0 Å². The number of carboxylic acid groups (broad SMARTS) is 1. The van der Waals surface area contributed by atoms with Crippen LogP contribution in [0.25, 0.3) is 0 Å². The molecule has 1 aromatic carbocycles. The smallest absolute Gasteiger partial charge is 0.408 e. The van der Waals surface area contributed by atoms with E-state index in [1.807, 2.05) is 6.92 Å². The number of nitrogens with one attached hydrogen (secondary N) is 9. The van der Waals surface area contributed by atoms with Crippen LogP contribution in [0.2, 0.25) is 0 Å². The minimum Gasteiger partial charge on any atom is -0.480 e. The van der Waals surface area contributed by atoms with Crippen molar-refractivity contribution in [3.8, 4) is 0 Å². The molecule has 0 bridgehead atoms. The summed E-state index contributed by atoms with van der Waals surface area (Å²) in [5, 5.41) is 64.9. The van der Waals surface area contributed by atoms with Crippen LogP contribution in [0.4, 0.5) is 4.79 Å². The van der Waals surface area contributed by atoms with E-state index < -0.39 is 196 Å². The zero-order chi connectivity index (χ0) is 79.5. The number of hydrogen-bond acceptors (Lipinski definition) is 22. The molecule has 106 heavy (non-hydrogen) atoms. The Balaban J connectivity index is 1.61. The van der Waals surface area contributed by atoms with Crippen LogP contribution in [0.3, 0.4) is 0 Å². The van der Waals surface area contributed by atoms with Crippen molar-refractivity contribution in [2.24, 2.45) is 23.3 Å². The molecule has 11 amide bonds. The van der Waals surface area contributed by atoms with Gasteiger partial charge in [-0.1, -0.05) is 122 Å². The molecule has 2 heterocycles. The fraction of sp³-hybridized carbons (Fsp3) is 0.648. The third kappa shape index (κ3) is 26.1. The van der Waals surface area contributed by atoms with Crippen molar-refractivity contribution in [1.29, 1.82) is 0 Å². The number of alkyl carbamates (subject to hydrolysis) is 1. The van der Waals surface area contributed by atoms with Crippen LogP contribution in [-0.4, -0.2) is 211 Å². The topological polar surface area (TPSA) is 528 Å². The molecule has 0 saturated carbocycles. The Hall–Kier alpha value is -9.12. The number of ether oxygens (including phenoxy) is 3. The average molecular weight is 1520 g/mol. The molecule has 0 unspecified atom stereocenters. The van der Waals surface area contributed by atoms with Crippen LogP contribution in [0.1, 0.15) is 184 Å². The minimum atomic E-state index is -2.41. The number of ketones is 2. The van der Waals surface area contributed by atoms with Gasteiger partial charge in [-0.2, -0.15) is 0 Å². The first-order valence-corrected chi connectivity index (χ1v) is 36.3. The Kier molecular flexibility index (Phi) is 35.6. The highest BCUT2D eigenvalue weighted by atomic mass is 35.5. The van der Waals surface area contributed by atoms with E-state index in [1.54, 1.807) is 65.0 Å². The van der Waals surface area contributed by atoms with Gasteiger partial charge in [0.2, 0.25) is 76.2 Å². The van der Waals surface area contributed by atoms with E-state index in [0.29, 0.717) is 31.2 Å². The molecule has 0 aromatic heterocycles. The number of hydrogen-bond donors (Lipinski definition) is 15. The number of carbonyl (C=O) groups is 15. The summed E-state index contributed by atoms with van der Waals surface area (Å²) >= 11 is 6.65.